The lowest BCUT2D eigenvalue weighted by Crippen LogP contribution is -2.53. The Bertz CT molecular complexity index is 2240. The number of ether oxygens (including phenoxy) is 1. The number of hydrazine groups is 1. The normalized spacial score (nSPS) is 27.5. The first-order valence-corrected chi connectivity index (χ1v) is 19.8. The predicted octanol–water partition coefficient (Wildman–Crippen LogP) is 8.08. The Hall–Kier alpha value is -5.48. The number of aromatic hydroxyl groups is 1. The summed E-state index contributed by atoms with van der Waals surface area (Å²) >= 11 is 6.41. The lowest BCUT2D eigenvalue weighted by molar-refractivity contribution is -0.144. The second-order valence-corrected chi connectivity index (χ2v) is 16.1. The highest BCUT2D eigenvalue weighted by Gasteiger charge is 2.70. The van der Waals surface area contributed by atoms with Crippen LogP contribution in [0.1, 0.15) is 67.6 Å². The van der Waals surface area contributed by atoms with Gasteiger partial charge in [-0.1, -0.05) is 91.0 Å². The molecular formula is C45H41ClFN3O6. The molecule has 56 heavy (non-hydrogen) atoms. The SMILES string of the molecule is O=C1[C@@H]2C[C@@H]3C(=CC[C@@H]4C(=O)N(C5CCCCC5)C(=O)[C@@H]43)[C@H](c3ccc(OCc4ccccc4)cc3O)[C@]2(c2ccc(Cl)cc2)C(=O)N1Nc1ccc(F)cc1. The largest absolute Gasteiger partial charge is 0.508 e. The van der Waals surface area contributed by atoms with Gasteiger partial charge < -0.3 is 9.84 Å². The van der Waals surface area contributed by atoms with Crippen molar-refractivity contribution in [2.45, 2.75) is 68.9 Å². The highest BCUT2D eigenvalue weighted by atomic mass is 35.5. The van der Waals surface area contributed by atoms with E-state index in [1.54, 1.807) is 36.4 Å². The zero-order valence-corrected chi connectivity index (χ0v) is 31.3. The summed E-state index contributed by atoms with van der Waals surface area (Å²) in [6.45, 7) is 0.265. The maximum atomic E-state index is 15.4. The van der Waals surface area contributed by atoms with Crippen LogP contribution in [-0.2, 0) is 31.2 Å². The molecule has 2 N–H and O–H groups in total. The van der Waals surface area contributed by atoms with Gasteiger partial charge in [-0.2, -0.15) is 5.01 Å². The molecule has 9 nitrogen and oxygen atoms in total. The fourth-order valence-corrected chi connectivity index (χ4v) is 10.4. The summed E-state index contributed by atoms with van der Waals surface area (Å²) in [5, 5.41) is 13.4. The summed E-state index contributed by atoms with van der Waals surface area (Å²) < 4.78 is 20.0. The second-order valence-electron chi connectivity index (χ2n) is 15.7. The van der Waals surface area contributed by atoms with Crippen LogP contribution in [0.15, 0.2) is 109 Å². The topological polar surface area (TPSA) is 116 Å². The summed E-state index contributed by atoms with van der Waals surface area (Å²) in [7, 11) is 0. The van der Waals surface area contributed by atoms with Gasteiger partial charge in [0.25, 0.3) is 11.8 Å². The van der Waals surface area contributed by atoms with E-state index in [0.717, 1.165) is 48.2 Å². The second kappa shape index (κ2) is 14.2. The molecule has 4 fully saturated rings. The van der Waals surface area contributed by atoms with Crippen LogP contribution in [0.2, 0.25) is 5.02 Å². The third-order valence-electron chi connectivity index (χ3n) is 12.8. The standard InChI is InChI=1S/C45H41ClFN3O6/c46-28-13-11-27(12-14-28)45-37(42(53)50(44(45)55)48-30-17-15-29(47)16-18-30)24-36-33(21-22-35-39(36)43(54)49(41(35)52)31-9-5-2-6-10-31)40(45)34-20-19-32(23-38(34)51)56-25-26-7-3-1-4-8-26/h1,3-4,7-8,11-21,23,31,35-37,39-40,48,51H,2,5-6,9-10,22,24-25H2/t35-,36+,37-,39-,40+,45+/m0/s1. The van der Waals surface area contributed by atoms with Crippen LogP contribution in [0.25, 0.3) is 0 Å². The summed E-state index contributed by atoms with van der Waals surface area (Å²) in [5.41, 5.74) is 4.26. The Morgan fingerprint density at radius 3 is 2.29 bits per heavy atom. The molecule has 0 radical (unpaired) electrons. The number of hydrogen-bond acceptors (Lipinski definition) is 7. The zero-order valence-electron chi connectivity index (χ0n) is 30.6. The third-order valence-corrected chi connectivity index (χ3v) is 13.0. The highest BCUT2D eigenvalue weighted by Crippen LogP contribution is 2.65. The quantitative estimate of drug-likeness (QED) is 0.137. The minimum Gasteiger partial charge on any atom is -0.508 e. The summed E-state index contributed by atoms with van der Waals surface area (Å²) in [4.78, 5) is 60.5. The van der Waals surface area contributed by atoms with E-state index < -0.39 is 52.6 Å². The molecule has 0 aromatic heterocycles. The van der Waals surface area contributed by atoms with E-state index in [4.69, 9.17) is 16.3 Å². The molecule has 5 aliphatic rings. The van der Waals surface area contributed by atoms with Crippen molar-refractivity contribution >= 4 is 40.9 Å². The summed E-state index contributed by atoms with van der Waals surface area (Å²) in [6.07, 6.45) is 6.92. The number of hydrogen-bond donors (Lipinski definition) is 2. The molecule has 286 valence electrons. The van der Waals surface area contributed by atoms with E-state index in [0.29, 0.717) is 34.0 Å². The number of phenolic OH excluding ortho intramolecular Hbond substituents is 1. The number of nitrogens with one attached hydrogen (secondary N) is 1. The van der Waals surface area contributed by atoms with Crippen molar-refractivity contribution in [3.63, 3.8) is 0 Å². The average Bonchev–Trinajstić information content (AvgIpc) is 3.59. The predicted molar refractivity (Wildman–Crippen MR) is 207 cm³/mol. The number of likely N-dealkylation sites (tertiary alicyclic amines) is 1. The van der Waals surface area contributed by atoms with Gasteiger partial charge in [0.15, 0.2) is 0 Å². The molecule has 2 heterocycles. The van der Waals surface area contributed by atoms with Crippen molar-refractivity contribution in [2.24, 2.45) is 23.7 Å². The number of rotatable bonds is 8. The molecule has 0 spiro atoms. The van der Waals surface area contributed by atoms with Gasteiger partial charge in [-0.05, 0) is 85.2 Å². The molecular weight excluding hydrogens is 733 g/mol. The molecule has 0 unspecified atom stereocenters. The molecule has 2 aliphatic heterocycles. The van der Waals surface area contributed by atoms with Gasteiger partial charge in [0.1, 0.15) is 23.9 Å². The number of carbonyl (C=O) groups is 4. The minimum absolute atomic E-state index is 0.120. The highest BCUT2D eigenvalue weighted by molar-refractivity contribution is 6.30. The maximum absolute atomic E-state index is 15.4. The molecule has 3 aliphatic carbocycles. The minimum atomic E-state index is -1.61. The third kappa shape index (κ3) is 5.79. The molecule has 4 aromatic carbocycles. The molecule has 11 heteroatoms. The number of amides is 4. The number of phenols is 1. The van der Waals surface area contributed by atoms with E-state index in [1.807, 2.05) is 36.4 Å². The number of imide groups is 2. The van der Waals surface area contributed by atoms with E-state index in [9.17, 15) is 23.9 Å². The van der Waals surface area contributed by atoms with Gasteiger partial charge in [-0.15, -0.1) is 0 Å². The van der Waals surface area contributed by atoms with Gasteiger partial charge in [0, 0.05) is 28.6 Å². The van der Waals surface area contributed by atoms with Crippen molar-refractivity contribution in [1.82, 2.24) is 9.91 Å². The summed E-state index contributed by atoms with van der Waals surface area (Å²) in [6, 6.07) is 26.6. The number of halogens is 2. The number of fused-ring (bicyclic) bond motifs is 4. The fourth-order valence-electron chi connectivity index (χ4n) is 10.3. The Labute approximate surface area is 329 Å². The van der Waals surface area contributed by atoms with Gasteiger partial charge in [-0.25, -0.2) is 4.39 Å². The van der Waals surface area contributed by atoms with E-state index in [2.05, 4.69) is 5.43 Å². The van der Waals surface area contributed by atoms with Crippen LogP contribution in [0.5, 0.6) is 11.5 Å². The van der Waals surface area contributed by atoms with Gasteiger partial charge in [0.05, 0.1) is 28.9 Å². The van der Waals surface area contributed by atoms with Crippen LogP contribution in [0.3, 0.4) is 0 Å². The number of benzene rings is 4. The fraction of sp³-hybridized carbons (Fsp3) is 0.333. The van der Waals surface area contributed by atoms with Crippen LogP contribution < -0.4 is 10.2 Å². The molecule has 6 atom stereocenters. The van der Waals surface area contributed by atoms with Crippen LogP contribution in [0, 0.1) is 29.5 Å². The molecule has 4 aromatic rings. The Balaban J connectivity index is 1.19. The first-order valence-electron chi connectivity index (χ1n) is 19.4. The van der Waals surface area contributed by atoms with Gasteiger partial charge in [-0.3, -0.25) is 29.5 Å². The van der Waals surface area contributed by atoms with Crippen molar-refractivity contribution in [1.29, 1.82) is 0 Å². The van der Waals surface area contributed by atoms with Crippen molar-refractivity contribution < 1.29 is 33.4 Å². The van der Waals surface area contributed by atoms with Crippen LogP contribution in [-0.4, -0.2) is 44.7 Å². The Kier molecular flexibility index (Phi) is 9.19. The first kappa shape index (κ1) is 36.2. The molecule has 0 bridgehead atoms. The first-order chi connectivity index (χ1) is 27.2. The summed E-state index contributed by atoms with van der Waals surface area (Å²) in [5.74, 6) is -5.48. The molecule has 2 saturated carbocycles. The molecule has 9 rings (SSSR count). The lowest BCUT2D eigenvalue weighted by atomic mass is 9.49. The maximum Gasteiger partial charge on any atom is 0.260 e. The van der Waals surface area contributed by atoms with Gasteiger partial charge in [0.2, 0.25) is 11.8 Å². The molecule has 4 amide bonds. The number of nitrogens with zero attached hydrogens (tertiary/aromatic N) is 2. The Morgan fingerprint density at radius 2 is 1.57 bits per heavy atom. The number of carbonyl (C=O) groups excluding carboxylic acids is 4. The van der Waals surface area contributed by atoms with E-state index >= 15 is 4.79 Å². The number of anilines is 1. The molecule has 2 saturated heterocycles. The van der Waals surface area contributed by atoms with E-state index in [-0.39, 0.29) is 36.6 Å². The van der Waals surface area contributed by atoms with E-state index in [1.165, 1.54) is 35.2 Å². The average molecular weight is 774 g/mol. The zero-order chi connectivity index (χ0) is 38.7. The lowest BCUT2D eigenvalue weighted by Gasteiger charge is -2.50. The van der Waals surface area contributed by atoms with Crippen molar-refractivity contribution in [2.75, 3.05) is 5.43 Å². The number of allylic oxidation sites excluding steroid dienone is 2. The van der Waals surface area contributed by atoms with Crippen LogP contribution >= 0.6 is 11.6 Å². The monoisotopic (exact) mass is 773 g/mol. The smallest absolute Gasteiger partial charge is 0.260 e. The van der Waals surface area contributed by atoms with Crippen LogP contribution in [0.4, 0.5) is 10.1 Å². The van der Waals surface area contributed by atoms with Gasteiger partial charge >= 0.3 is 0 Å². The Morgan fingerprint density at radius 1 is 0.839 bits per heavy atom. The van der Waals surface area contributed by atoms with Crippen molar-refractivity contribution in [3.8, 4) is 11.5 Å². The van der Waals surface area contributed by atoms with Crippen molar-refractivity contribution in [3.05, 3.63) is 136 Å².